The zero-order chi connectivity index (χ0) is 22.7. The Labute approximate surface area is 188 Å². The lowest BCUT2D eigenvalue weighted by molar-refractivity contribution is -0.137. The van der Waals surface area contributed by atoms with Crippen molar-refractivity contribution in [2.45, 2.75) is 12.1 Å². The Bertz CT molecular complexity index is 1130. The third-order valence-corrected chi connectivity index (χ3v) is 5.66. The molecule has 0 heterocycles. The molecule has 0 saturated heterocycles. The molecule has 3 aromatic carbocycles. The normalized spacial score (nSPS) is 13.1. The molecular weight excluding hydrogens is 439 g/mol. The van der Waals surface area contributed by atoms with E-state index in [0.717, 1.165) is 34.4 Å². The van der Waals surface area contributed by atoms with Gasteiger partial charge in [-0.05, 0) is 39.9 Å². The van der Waals surface area contributed by atoms with Gasteiger partial charge < -0.3 is 10.1 Å². The molecule has 0 spiro atoms. The van der Waals surface area contributed by atoms with Gasteiger partial charge in [0.15, 0.2) is 0 Å². The van der Waals surface area contributed by atoms with E-state index < -0.39 is 17.8 Å². The second-order valence-corrected chi connectivity index (χ2v) is 7.75. The highest BCUT2D eigenvalue weighted by Gasteiger charge is 2.31. The maximum Gasteiger partial charge on any atom is 0.416 e. The van der Waals surface area contributed by atoms with E-state index in [1.165, 1.54) is 6.07 Å². The van der Waals surface area contributed by atoms with Crippen LogP contribution < -0.4 is 5.32 Å². The van der Waals surface area contributed by atoms with Crippen molar-refractivity contribution in [2.75, 3.05) is 13.2 Å². The predicted octanol–water partition coefficient (Wildman–Crippen LogP) is 6.91. The quantitative estimate of drug-likeness (QED) is 0.452. The predicted molar refractivity (Wildman–Crippen MR) is 119 cm³/mol. The Morgan fingerprint density at radius 1 is 1.00 bits per heavy atom. The molecule has 1 amide bonds. The molecule has 4 rings (SSSR count). The van der Waals surface area contributed by atoms with Gasteiger partial charge in [-0.2, -0.15) is 13.2 Å². The number of carbonyl (C=O) groups excluding carboxylic acids is 1. The number of amides is 1. The molecule has 1 aliphatic carbocycles. The van der Waals surface area contributed by atoms with Crippen LogP contribution in [0.3, 0.4) is 0 Å². The van der Waals surface area contributed by atoms with Gasteiger partial charge in [-0.3, -0.25) is 0 Å². The fourth-order valence-corrected chi connectivity index (χ4v) is 4.06. The van der Waals surface area contributed by atoms with Crippen LogP contribution in [0.4, 0.5) is 18.0 Å². The maximum absolute atomic E-state index is 12.7. The van der Waals surface area contributed by atoms with Crippen molar-refractivity contribution in [3.05, 3.63) is 100 Å². The second kappa shape index (κ2) is 9.09. The van der Waals surface area contributed by atoms with Crippen LogP contribution in [-0.4, -0.2) is 19.2 Å². The van der Waals surface area contributed by atoms with E-state index in [1.807, 2.05) is 36.4 Å². The van der Waals surface area contributed by atoms with Gasteiger partial charge in [0.05, 0.1) is 5.56 Å². The summed E-state index contributed by atoms with van der Waals surface area (Å²) < 4.78 is 43.6. The van der Waals surface area contributed by atoms with Gasteiger partial charge in [-0.1, -0.05) is 78.4 Å². The molecule has 0 atom stereocenters. The third kappa shape index (κ3) is 4.65. The van der Waals surface area contributed by atoms with Crippen molar-refractivity contribution in [1.82, 2.24) is 5.32 Å². The van der Waals surface area contributed by atoms with E-state index in [4.69, 9.17) is 16.3 Å². The average molecular weight is 458 g/mol. The number of halogens is 4. The first kappa shape index (κ1) is 22.0. The van der Waals surface area contributed by atoms with Gasteiger partial charge >= 0.3 is 12.3 Å². The van der Waals surface area contributed by atoms with Crippen LogP contribution in [0, 0.1) is 0 Å². The number of ether oxygens (including phenoxy) is 1. The average Bonchev–Trinajstić information content (AvgIpc) is 3.09. The van der Waals surface area contributed by atoms with Gasteiger partial charge in [0.25, 0.3) is 0 Å². The topological polar surface area (TPSA) is 38.3 Å². The molecule has 164 valence electrons. The Hall–Kier alpha value is -3.25. The number of hydrogen-bond acceptors (Lipinski definition) is 2. The third-order valence-electron chi connectivity index (χ3n) is 5.33. The summed E-state index contributed by atoms with van der Waals surface area (Å²) in [5.41, 5.74) is 4.16. The van der Waals surface area contributed by atoms with Crippen LogP contribution in [0.25, 0.3) is 17.2 Å². The molecule has 0 radical (unpaired) electrons. The Morgan fingerprint density at radius 3 is 2.22 bits per heavy atom. The van der Waals surface area contributed by atoms with E-state index in [1.54, 1.807) is 12.2 Å². The molecule has 3 nitrogen and oxygen atoms in total. The second-order valence-electron chi connectivity index (χ2n) is 7.34. The fourth-order valence-electron chi connectivity index (χ4n) is 3.82. The first-order chi connectivity index (χ1) is 15.3. The molecule has 3 aromatic rings. The summed E-state index contributed by atoms with van der Waals surface area (Å²) >= 11 is 5.92. The van der Waals surface area contributed by atoms with Crippen molar-refractivity contribution in [3.8, 4) is 11.1 Å². The molecule has 1 N–H and O–H groups in total. The number of fused-ring (bicyclic) bond motifs is 3. The Morgan fingerprint density at radius 2 is 1.62 bits per heavy atom. The minimum atomic E-state index is -4.45. The molecule has 0 unspecified atom stereocenters. The number of nitrogens with one attached hydrogen (secondary N) is 1. The smallest absolute Gasteiger partial charge is 0.416 e. The maximum atomic E-state index is 12.7. The van der Waals surface area contributed by atoms with Crippen molar-refractivity contribution in [3.63, 3.8) is 0 Å². The molecule has 7 heteroatoms. The highest BCUT2D eigenvalue weighted by Crippen LogP contribution is 2.44. The number of rotatable bonds is 5. The zero-order valence-corrected chi connectivity index (χ0v) is 17.6. The number of hydrogen-bond donors (Lipinski definition) is 1. The van der Waals surface area contributed by atoms with E-state index in [2.05, 4.69) is 17.4 Å². The molecule has 0 fully saturated rings. The minimum absolute atomic E-state index is 0.0165. The summed E-state index contributed by atoms with van der Waals surface area (Å²) in [5.74, 6) is -0.0327. The number of alkyl halides is 3. The summed E-state index contributed by atoms with van der Waals surface area (Å²) in [6, 6.07) is 19.2. The van der Waals surface area contributed by atoms with Crippen molar-refractivity contribution in [1.29, 1.82) is 0 Å². The lowest BCUT2D eigenvalue weighted by Gasteiger charge is -2.14. The zero-order valence-electron chi connectivity index (χ0n) is 16.8. The van der Waals surface area contributed by atoms with Crippen molar-refractivity contribution < 1.29 is 22.7 Å². The van der Waals surface area contributed by atoms with E-state index in [0.29, 0.717) is 5.56 Å². The standard InChI is InChI=1S/C25H19ClF3NO2/c26-23-14-17(25(27,28)29)12-11-16(23)6-5-13-30-24(31)32-15-22-20-9-3-1-7-18(20)19-8-2-4-10-21(19)22/h1-12,14,22H,13,15H2,(H,30,31). The van der Waals surface area contributed by atoms with Gasteiger partial charge in [0.1, 0.15) is 6.61 Å². The summed E-state index contributed by atoms with van der Waals surface area (Å²) in [7, 11) is 0. The van der Waals surface area contributed by atoms with Crippen LogP contribution in [-0.2, 0) is 10.9 Å². The van der Waals surface area contributed by atoms with Crippen LogP contribution in [0.1, 0.15) is 28.2 Å². The van der Waals surface area contributed by atoms with Gasteiger partial charge in [0.2, 0.25) is 0 Å². The van der Waals surface area contributed by atoms with Gasteiger partial charge in [-0.15, -0.1) is 0 Å². The lowest BCUT2D eigenvalue weighted by Crippen LogP contribution is -2.26. The summed E-state index contributed by atoms with van der Waals surface area (Å²) in [6.45, 7) is 0.350. The first-order valence-electron chi connectivity index (χ1n) is 9.96. The van der Waals surface area contributed by atoms with E-state index in [9.17, 15) is 18.0 Å². The number of benzene rings is 3. The van der Waals surface area contributed by atoms with Crippen molar-refractivity contribution in [2.24, 2.45) is 0 Å². The summed E-state index contributed by atoms with van der Waals surface area (Å²) in [4.78, 5) is 12.1. The lowest BCUT2D eigenvalue weighted by atomic mass is 9.98. The molecule has 1 aliphatic rings. The number of alkyl carbamates (subject to hydrolysis) is 1. The molecule has 0 aromatic heterocycles. The molecule has 0 bridgehead atoms. The van der Waals surface area contributed by atoms with Gasteiger partial charge in [-0.25, -0.2) is 4.79 Å². The highest BCUT2D eigenvalue weighted by atomic mass is 35.5. The SMILES string of the molecule is O=C(NCC=Cc1ccc(C(F)(F)F)cc1Cl)OCC1c2ccccc2-c2ccccc21. The van der Waals surface area contributed by atoms with Crippen LogP contribution in [0.2, 0.25) is 5.02 Å². The largest absolute Gasteiger partial charge is 0.449 e. The monoisotopic (exact) mass is 457 g/mol. The number of carbonyl (C=O) groups is 1. The highest BCUT2D eigenvalue weighted by molar-refractivity contribution is 6.32. The summed E-state index contributed by atoms with van der Waals surface area (Å²) in [5, 5.41) is 2.59. The molecular formula is C25H19ClF3NO2. The fraction of sp³-hybridized carbons (Fsp3) is 0.160. The molecule has 0 saturated carbocycles. The van der Waals surface area contributed by atoms with Crippen molar-refractivity contribution >= 4 is 23.8 Å². The van der Waals surface area contributed by atoms with Crippen LogP contribution >= 0.6 is 11.6 Å². The molecule has 32 heavy (non-hydrogen) atoms. The van der Waals surface area contributed by atoms with E-state index >= 15 is 0 Å². The van der Waals surface area contributed by atoms with Crippen LogP contribution in [0.5, 0.6) is 0 Å². The van der Waals surface area contributed by atoms with Gasteiger partial charge in [0, 0.05) is 17.5 Å². The Kier molecular flexibility index (Phi) is 6.24. The first-order valence-corrected chi connectivity index (χ1v) is 10.3. The molecule has 0 aliphatic heterocycles. The van der Waals surface area contributed by atoms with Crippen LogP contribution in [0.15, 0.2) is 72.8 Å². The minimum Gasteiger partial charge on any atom is -0.449 e. The summed E-state index contributed by atoms with van der Waals surface area (Å²) in [6.07, 6.45) is -1.88. The Balaban J connectivity index is 1.32. The van der Waals surface area contributed by atoms with E-state index in [-0.39, 0.29) is 24.1 Å².